The largest absolute Gasteiger partial charge is 0.468 e. The van der Waals surface area contributed by atoms with Gasteiger partial charge in [-0.05, 0) is 26.0 Å². The zero-order valence-corrected chi connectivity index (χ0v) is 11.6. The van der Waals surface area contributed by atoms with Gasteiger partial charge in [0.2, 0.25) is 0 Å². The second-order valence-corrected chi connectivity index (χ2v) is 4.48. The van der Waals surface area contributed by atoms with E-state index in [2.05, 4.69) is 4.74 Å². The van der Waals surface area contributed by atoms with Crippen molar-refractivity contribution in [1.29, 1.82) is 0 Å². The number of ether oxygens (including phenoxy) is 3. The molecule has 0 fully saturated rings. The lowest BCUT2D eigenvalue weighted by Gasteiger charge is -2.16. The van der Waals surface area contributed by atoms with E-state index in [1.807, 2.05) is 13.8 Å². The van der Waals surface area contributed by atoms with Gasteiger partial charge in [0.05, 0.1) is 7.11 Å². The van der Waals surface area contributed by atoms with Crippen molar-refractivity contribution in [2.24, 2.45) is 5.73 Å². The SMILES string of the molecule is CCOC(CSCCC(N)C(=O)OC)OCC. The molecule has 2 N–H and O–H groups in total. The first kappa shape index (κ1) is 16.7. The Balaban J connectivity index is 3.63. The quantitative estimate of drug-likeness (QED) is 0.361. The molecule has 0 spiro atoms. The Morgan fingerprint density at radius 1 is 1.29 bits per heavy atom. The molecule has 0 aromatic carbocycles. The third kappa shape index (κ3) is 8.43. The molecule has 0 aromatic heterocycles. The van der Waals surface area contributed by atoms with Crippen LogP contribution in [0.5, 0.6) is 0 Å². The monoisotopic (exact) mass is 265 g/mol. The average Bonchev–Trinajstić information content (AvgIpc) is 2.33. The predicted octanol–water partition coefficient (Wildman–Crippen LogP) is 1.01. The van der Waals surface area contributed by atoms with E-state index in [0.29, 0.717) is 19.6 Å². The summed E-state index contributed by atoms with van der Waals surface area (Å²) in [5, 5.41) is 0. The molecule has 0 rings (SSSR count). The summed E-state index contributed by atoms with van der Waals surface area (Å²) in [4.78, 5) is 11.0. The molecule has 0 bridgehead atoms. The van der Waals surface area contributed by atoms with Gasteiger partial charge in [-0.2, -0.15) is 11.8 Å². The number of hydrogen-bond donors (Lipinski definition) is 1. The maximum atomic E-state index is 11.0. The maximum Gasteiger partial charge on any atom is 0.322 e. The highest BCUT2D eigenvalue weighted by Crippen LogP contribution is 2.10. The first-order valence-electron chi connectivity index (χ1n) is 5.80. The van der Waals surface area contributed by atoms with Crippen LogP contribution in [0.25, 0.3) is 0 Å². The zero-order valence-electron chi connectivity index (χ0n) is 10.8. The van der Waals surface area contributed by atoms with E-state index < -0.39 is 6.04 Å². The highest BCUT2D eigenvalue weighted by Gasteiger charge is 2.14. The van der Waals surface area contributed by atoms with E-state index in [4.69, 9.17) is 15.2 Å². The van der Waals surface area contributed by atoms with Crippen molar-refractivity contribution in [3.8, 4) is 0 Å². The van der Waals surface area contributed by atoms with E-state index in [1.165, 1.54) is 7.11 Å². The summed E-state index contributed by atoms with van der Waals surface area (Å²) in [5.41, 5.74) is 5.61. The lowest BCUT2D eigenvalue weighted by atomic mass is 10.2. The van der Waals surface area contributed by atoms with E-state index in [-0.39, 0.29) is 12.3 Å². The number of thioether (sulfide) groups is 1. The molecule has 0 radical (unpaired) electrons. The van der Waals surface area contributed by atoms with Crippen LogP contribution in [0.4, 0.5) is 0 Å². The minimum absolute atomic E-state index is 0.177. The highest BCUT2D eigenvalue weighted by molar-refractivity contribution is 7.99. The van der Waals surface area contributed by atoms with Crippen LogP contribution in [0.2, 0.25) is 0 Å². The molecule has 102 valence electrons. The van der Waals surface area contributed by atoms with E-state index >= 15 is 0 Å². The molecule has 5 nitrogen and oxygen atoms in total. The molecule has 1 unspecified atom stereocenters. The lowest BCUT2D eigenvalue weighted by molar-refractivity contribution is -0.142. The number of carbonyl (C=O) groups is 1. The Hall–Kier alpha value is -0.300. The van der Waals surface area contributed by atoms with Crippen LogP contribution in [0, 0.1) is 0 Å². The number of carbonyl (C=O) groups excluding carboxylic acids is 1. The van der Waals surface area contributed by atoms with Gasteiger partial charge in [0.15, 0.2) is 6.29 Å². The van der Waals surface area contributed by atoms with Gasteiger partial charge in [0, 0.05) is 19.0 Å². The molecule has 0 aliphatic rings. The van der Waals surface area contributed by atoms with Crippen molar-refractivity contribution < 1.29 is 19.0 Å². The first-order chi connectivity index (χ1) is 8.15. The third-order valence-corrected chi connectivity index (χ3v) is 3.07. The van der Waals surface area contributed by atoms with Gasteiger partial charge in [-0.25, -0.2) is 0 Å². The van der Waals surface area contributed by atoms with Gasteiger partial charge < -0.3 is 19.9 Å². The molecule has 0 aliphatic carbocycles. The second kappa shape index (κ2) is 10.8. The molecular weight excluding hydrogens is 242 g/mol. The fourth-order valence-electron chi connectivity index (χ4n) is 1.18. The van der Waals surface area contributed by atoms with Gasteiger partial charge in [-0.15, -0.1) is 0 Å². The summed E-state index contributed by atoms with van der Waals surface area (Å²) < 4.78 is 15.3. The Morgan fingerprint density at radius 3 is 2.35 bits per heavy atom. The summed E-state index contributed by atoms with van der Waals surface area (Å²) in [6, 6.07) is -0.537. The summed E-state index contributed by atoms with van der Waals surface area (Å²) >= 11 is 1.66. The Labute approximate surface area is 107 Å². The summed E-state index contributed by atoms with van der Waals surface area (Å²) in [6.07, 6.45) is 0.423. The smallest absolute Gasteiger partial charge is 0.322 e. The van der Waals surface area contributed by atoms with Crippen molar-refractivity contribution in [3.63, 3.8) is 0 Å². The lowest BCUT2D eigenvalue weighted by Crippen LogP contribution is -2.32. The summed E-state index contributed by atoms with van der Waals surface area (Å²) in [7, 11) is 1.34. The molecule has 0 aromatic rings. The molecule has 1 atom stereocenters. The number of rotatable bonds is 10. The second-order valence-electron chi connectivity index (χ2n) is 3.33. The van der Waals surface area contributed by atoms with Crippen LogP contribution in [0.15, 0.2) is 0 Å². The highest BCUT2D eigenvalue weighted by atomic mass is 32.2. The van der Waals surface area contributed by atoms with Crippen LogP contribution < -0.4 is 5.73 Å². The first-order valence-corrected chi connectivity index (χ1v) is 6.95. The van der Waals surface area contributed by atoms with Crippen LogP contribution in [-0.4, -0.2) is 50.1 Å². The third-order valence-electron chi connectivity index (χ3n) is 2.04. The van der Waals surface area contributed by atoms with E-state index in [1.54, 1.807) is 11.8 Å². The van der Waals surface area contributed by atoms with Crippen molar-refractivity contribution in [1.82, 2.24) is 0 Å². The van der Waals surface area contributed by atoms with Crippen LogP contribution >= 0.6 is 11.8 Å². The number of hydrogen-bond acceptors (Lipinski definition) is 6. The molecule has 0 heterocycles. The molecule has 17 heavy (non-hydrogen) atoms. The van der Waals surface area contributed by atoms with Gasteiger partial charge in [0.25, 0.3) is 0 Å². The van der Waals surface area contributed by atoms with Crippen LogP contribution in [0.1, 0.15) is 20.3 Å². The van der Waals surface area contributed by atoms with Gasteiger partial charge in [-0.3, -0.25) is 4.79 Å². The fraction of sp³-hybridized carbons (Fsp3) is 0.909. The summed E-state index contributed by atoms with van der Waals surface area (Å²) in [5.74, 6) is 1.17. The van der Waals surface area contributed by atoms with E-state index in [9.17, 15) is 4.79 Å². The molecule has 0 saturated carbocycles. The molecule has 0 aliphatic heterocycles. The average molecular weight is 265 g/mol. The predicted molar refractivity (Wildman–Crippen MR) is 69.0 cm³/mol. The molecule has 0 amide bonds. The van der Waals surface area contributed by atoms with Crippen molar-refractivity contribution >= 4 is 17.7 Å². The van der Waals surface area contributed by atoms with Crippen LogP contribution in [0.3, 0.4) is 0 Å². The van der Waals surface area contributed by atoms with Crippen molar-refractivity contribution in [3.05, 3.63) is 0 Å². The van der Waals surface area contributed by atoms with Gasteiger partial charge >= 0.3 is 5.97 Å². The molecule has 6 heteroatoms. The maximum absolute atomic E-state index is 11.0. The zero-order chi connectivity index (χ0) is 13.1. The Morgan fingerprint density at radius 2 is 1.88 bits per heavy atom. The minimum Gasteiger partial charge on any atom is -0.468 e. The fourth-order valence-corrected chi connectivity index (χ4v) is 2.15. The normalized spacial score (nSPS) is 12.8. The molecule has 0 saturated heterocycles. The van der Waals surface area contributed by atoms with Crippen molar-refractivity contribution in [2.45, 2.75) is 32.6 Å². The number of nitrogens with two attached hydrogens (primary N) is 1. The number of esters is 1. The van der Waals surface area contributed by atoms with Crippen LogP contribution in [-0.2, 0) is 19.0 Å². The Bertz CT molecular complexity index is 198. The summed E-state index contributed by atoms with van der Waals surface area (Å²) in [6.45, 7) is 5.13. The van der Waals surface area contributed by atoms with Gasteiger partial charge in [0.1, 0.15) is 6.04 Å². The standard InChI is InChI=1S/C11H23NO4S/c1-4-15-10(16-5-2)8-17-7-6-9(12)11(13)14-3/h9-10H,4-8,12H2,1-3H3. The Kier molecular flexibility index (Phi) is 10.6. The topological polar surface area (TPSA) is 70.8 Å². The van der Waals surface area contributed by atoms with Gasteiger partial charge in [-0.1, -0.05) is 0 Å². The minimum atomic E-state index is -0.537. The van der Waals surface area contributed by atoms with E-state index in [0.717, 1.165) is 11.5 Å². The number of methoxy groups -OCH3 is 1. The molecular formula is C11H23NO4S. The van der Waals surface area contributed by atoms with Crippen molar-refractivity contribution in [2.75, 3.05) is 31.8 Å².